The summed E-state index contributed by atoms with van der Waals surface area (Å²) < 4.78 is 25.1. The normalized spacial score (nSPS) is 12.0. The van der Waals surface area contributed by atoms with Gasteiger partial charge in [-0.25, -0.2) is 13.6 Å². The molecule has 1 aromatic heterocycles. The largest absolute Gasteiger partial charge is 0.268 e. The fraction of sp³-hybridized carbons (Fsp3) is 0.750. The first-order chi connectivity index (χ1) is 8.45. The van der Waals surface area contributed by atoms with Gasteiger partial charge in [-0.05, 0) is 19.3 Å². The third kappa shape index (κ3) is 3.32. The highest BCUT2D eigenvalue weighted by Gasteiger charge is 2.23. The molecule has 1 heterocycles. The maximum Gasteiger partial charge on any atom is 0.241 e. The van der Waals surface area contributed by atoms with E-state index in [1.165, 1.54) is 0 Å². The van der Waals surface area contributed by atoms with Crippen LogP contribution in [0, 0.1) is 0 Å². The lowest BCUT2D eigenvalue weighted by Gasteiger charge is -2.06. The van der Waals surface area contributed by atoms with Crippen LogP contribution in [0.2, 0.25) is 0 Å². The Hall–Kier alpha value is -0.880. The fourth-order valence-electron chi connectivity index (χ4n) is 2.13. The lowest BCUT2D eigenvalue weighted by atomic mass is 10.2. The molecule has 1 rings (SSSR count). The lowest BCUT2D eigenvalue weighted by molar-refractivity contribution is 0.529. The molecule has 0 amide bonds. The van der Waals surface area contributed by atoms with Crippen molar-refractivity contribution in [3.05, 3.63) is 11.4 Å². The quantitative estimate of drug-likeness (QED) is 0.770. The average molecular weight is 273 g/mol. The fourth-order valence-corrected chi connectivity index (χ4v) is 3.23. The maximum atomic E-state index is 11.7. The molecule has 0 saturated heterocycles. The molecule has 0 aliphatic rings. The molecule has 0 fully saturated rings. The van der Waals surface area contributed by atoms with Gasteiger partial charge < -0.3 is 0 Å². The number of nitrogens with two attached hydrogens (primary N) is 1. The molecule has 0 saturated carbocycles. The van der Waals surface area contributed by atoms with Crippen molar-refractivity contribution >= 4 is 10.0 Å². The second-order valence-corrected chi connectivity index (χ2v) is 5.90. The number of nitrogens with zero attached hydrogens (tertiary/aromatic N) is 2. The van der Waals surface area contributed by atoms with E-state index >= 15 is 0 Å². The Morgan fingerprint density at radius 3 is 2.28 bits per heavy atom. The van der Waals surface area contributed by atoms with Gasteiger partial charge in [-0.3, -0.25) is 4.68 Å². The van der Waals surface area contributed by atoms with Gasteiger partial charge in [-0.2, -0.15) is 5.10 Å². The molecule has 0 radical (unpaired) electrons. The summed E-state index contributed by atoms with van der Waals surface area (Å²) >= 11 is 0. The van der Waals surface area contributed by atoms with Crippen LogP contribution in [0.15, 0.2) is 4.90 Å². The molecule has 104 valence electrons. The van der Waals surface area contributed by atoms with Crippen molar-refractivity contribution in [2.75, 3.05) is 0 Å². The van der Waals surface area contributed by atoms with E-state index in [-0.39, 0.29) is 4.90 Å². The van der Waals surface area contributed by atoms with Crippen LogP contribution in [-0.2, 0) is 29.4 Å². The van der Waals surface area contributed by atoms with Crippen LogP contribution in [0.1, 0.15) is 51.4 Å². The van der Waals surface area contributed by atoms with Gasteiger partial charge >= 0.3 is 0 Å². The Kier molecular flexibility index (Phi) is 5.34. The van der Waals surface area contributed by atoms with E-state index in [4.69, 9.17) is 5.14 Å². The molecule has 0 aliphatic heterocycles. The van der Waals surface area contributed by atoms with Gasteiger partial charge in [-0.1, -0.05) is 33.6 Å². The molecule has 0 aromatic carbocycles. The molecular formula is C12H23N3O2S. The van der Waals surface area contributed by atoms with Crippen LogP contribution in [0.25, 0.3) is 0 Å². The van der Waals surface area contributed by atoms with Gasteiger partial charge in [0, 0.05) is 6.54 Å². The number of hydrogen-bond acceptors (Lipinski definition) is 3. The Bertz CT molecular complexity index is 492. The van der Waals surface area contributed by atoms with E-state index in [0.717, 1.165) is 31.5 Å². The van der Waals surface area contributed by atoms with Crippen LogP contribution >= 0.6 is 0 Å². The van der Waals surface area contributed by atoms with E-state index in [1.807, 2.05) is 18.5 Å². The molecule has 2 N–H and O–H groups in total. The monoisotopic (exact) mass is 273 g/mol. The highest BCUT2D eigenvalue weighted by molar-refractivity contribution is 7.89. The zero-order valence-electron chi connectivity index (χ0n) is 11.4. The van der Waals surface area contributed by atoms with E-state index in [9.17, 15) is 8.42 Å². The third-order valence-corrected chi connectivity index (χ3v) is 4.05. The Balaban J connectivity index is 3.17. The van der Waals surface area contributed by atoms with Crippen LogP contribution in [0.3, 0.4) is 0 Å². The number of hydrogen-bond donors (Lipinski definition) is 1. The zero-order chi connectivity index (χ0) is 13.8. The standard InChI is InChI=1S/C12H23N3O2S/c1-4-7-8-9-15-11(6-3)12(18(13,16)17)10(5-2)14-15/h4-9H2,1-3H3,(H2,13,16,17). The highest BCUT2D eigenvalue weighted by Crippen LogP contribution is 2.21. The third-order valence-electron chi connectivity index (χ3n) is 3.00. The minimum atomic E-state index is -3.68. The SMILES string of the molecule is CCCCCn1nc(CC)c(S(N)(=O)=O)c1CC. The van der Waals surface area contributed by atoms with Gasteiger partial charge in [-0.15, -0.1) is 0 Å². The molecule has 0 bridgehead atoms. The first kappa shape index (κ1) is 15.2. The smallest absolute Gasteiger partial charge is 0.241 e. The van der Waals surface area contributed by atoms with Crippen LogP contribution in [-0.4, -0.2) is 18.2 Å². The highest BCUT2D eigenvalue weighted by atomic mass is 32.2. The molecule has 0 aliphatic carbocycles. The van der Waals surface area contributed by atoms with Gasteiger partial charge in [0.2, 0.25) is 10.0 Å². The van der Waals surface area contributed by atoms with Crippen molar-refractivity contribution in [1.29, 1.82) is 0 Å². The molecule has 0 atom stereocenters. The lowest BCUT2D eigenvalue weighted by Crippen LogP contribution is -2.16. The van der Waals surface area contributed by atoms with Gasteiger partial charge in [0.05, 0.1) is 11.4 Å². The van der Waals surface area contributed by atoms with E-state index in [1.54, 1.807) is 0 Å². The summed E-state index contributed by atoms with van der Waals surface area (Å²) in [7, 11) is -3.68. The summed E-state index contributed by atoms with van der Waals surface area (Å²) in [4.78, 5) is 0.240. The predicted octanol–water partition coefficient (Wildman–Crippen LogP) is 1.85. The first-order valence-corrected chi connectivity index (χ1v) is 8.11. The minimum Gasteiger partial charge on any atom is -0.268 e. The topological polar surface area (TPSA) is 78.0 Å². The molecule has 1 aromatic rings. The summed E-state index contributed by atoms with van der Waals surface area (Å²) in [5.74, 6) is 0. The number of rotatable bonds is 7. The Morgan fingerprint density at radius 1 is 1.17 bits per heavy atom. The molecule has 5 nitrogen and oxygen atoms in total. The number of primary sulfonamides is 1. The molecule has 18 heavy (non-hydrogen) atoms. The van der Waals surface area contributed by atoms with Crippen LogP contribution < -0.4 is 5.14 Å². The Morgan fingerprint density at radius 2 is 1.83 bits per heavy atom. The zero-order valence-corrected chi connectivity index (χ0v) is 12.3. The average Bonchev–Trinajstić information content (AvgIpc) is 2.67. The summed E-state index contributed by atoms with van der Waals surface area (Å²) in [6, 6.07) is 0. The van der Waals surface area contributed by atoms with E-state index < -0.39 is 10.0 Å². The number of aromatic nitrogens is 2. The second kappa shape index (κ2) is 6.33. The van der Waals surface area contributed by atoms with Gasteiger partial charge in [0.15, 0.2) is 0 Å². The van der Waals surface area contributed by atoms with Crippen molar-refractivity contribution in [3.8, 4) is 0 Å². The molecule has 6 heteroatoms. The van der Waals surface area contributed by atoms with Crippen LogP contribution in [0.4, 0.5) is 0 Å². The molecular weight excluding hydrogens is 250 g/mol. The van der Waals surface area contributed by atoms with Gasteiger partial charge in [0.1, 0.15) is 4.90 Å². The summed E-state index contributed by atoms with van der Waals surface area (Å²) in [6.45, 7) is 6.73. The maximum absolute atomic E-state index is 11.7. The van der Waals surface area contributed by atoms with E-state index in [2.05, 4.69) is 12.0 Å². The van der Waals surface area contributed by atoms with Crippen molar-refractivity contribution in [1.82, 2.24) is 9.78 Å². The predicted molar refractivity (Wildman–Crippen MR) is 71.9 cm³/mol. The van der Waals surface area contributed by atoms with Crippen molar-refractivity contribution in [2.24, 2.45) is 5.14 Å². The summed E-state index contributed by atoms with van der Waals surface area (Å²) in [6.07, 6.45) is 4.48. The first-order valence-electron chi connectivity index (χ1n) is 6.57. The van der Waals surface area contributed by atoms with E-state index in [0.29, 0.717) is 18.5 Å². The summed E-state index contributed by atoms with van der Waals surface area (Å²) in [5.41, 5.74) is 1.33. The van der Waals surface area contributed by atoms with Crippen molar-refractivity contribution in [2.45, 2.75) is 64.3 Å². The Labute approximate surface area is 109 Å². The number of sulfonamides is 1. The summed E-state index contributed by atoms with van der Waals surface area (Å²) in [5, 5.41) is 9.69. The van der Waals surface area contributed by atoms with Crippen molar-refractivity contribution < 1.29 is 8.42 Å². The number of unbranched alkanes of at least 4 members (excludes halogenated alkanes) is 2. The second-order valence-electron chi connectivity index (χ2n) is 4.40. The van der Waals surface area contributed by atoms with Gasteiger partial charge in [0.25, 0.3) is 0 Å². The minimum absolute atomic E-state index is 0.240. The van der Waals surface area contributed by atoms with Crippen molar-refractivity contribution in [3.63, 3.8) is 0 Å². The molecule has 0 unspecified atom stereocenters. The van der Waals surface area contributed by atoms with Crippen LogP contribution in [0.5, 0.6) is 0 Å². The number of aryl methyl sites for hydroxylation is 2. The molecule has 0 spiro atoms.